The van der Waals surface area contributed by atoms with Crippen molar-refractivity contribution in [3.05, 3.63) is 40.8 Å². The van der Waals surface area contributed by atoms with Gasteiger partial charge in [-0.1, -0.05) is 23.3 Å². The van der Waals surface area contributed by atoms with Crippen LogP contribution in [-0.2, 0) is 19.1 Å². The molecule has 172 valence electrons. The van der Waals surface area contributed by atoms with Crippen molar-refractivity contribution in [2.45, 2.75) is 37.8 Å². The Morgan fingerprint density at radius 3 is 2.75 bits per heavy atom. The number of hydrogen-bond acceptors (Lipinski definition) is 6. The minimum atomic E-state index is -1.07. The zero-order valence-electron chi connectivity index (χ0n) is 17.7. The average Bonchev–Trinajstić information content (AvgIpc) is 3.39. The number of piperidine rings is 1. The van der Waals surface area contributed by atoms with Gasteiger partial charge in [0.15, 0.2) is 0 Å². The van der Waals surface area contributed by atoms with E-state index in [0.29, 0.717) is 32.5 Å². The number of para-hydroxylation sites is 1. The molecule has 2 amide bonds. The van der Waals surface area contributed by atoms with Crippen LogP contribution in [0.5, 0.6) is 5.75 Å². The van der Waals surface area contributed by atoms with Gasteiger partial charge in [0.1, 0.15) is 11.8 Å². The maximum atomic E-state index is 12.7. The molecule has 1 aliphatic carbocycles. The van der Waals surface area contributed by atoms with E-state index in [4.69, 9.17) is 15.0 Å². The third kappa shape index (κ3) is 5.89. The molecule has 1 heterocycles. The summed E-state index contributed by atoms with van der Waals surface area (Å²) in [5, 5.41) is 15.5. The molecule has 1 saturated carbocycles. The van der Waals surface area contributed by atoms with Gasteiger partial charge in [-0.3, -0.25) is 9.59 Å². The van der Waals surface area contributed by atoms with Gasteiger partial charge in [-0.25, -0.2) is 4.79 Å². The zero-order valence-corrected chi connectivity index (χ0v) is 17.7. The Hall–Kier alpha value is -3.30. The highest BCUT2D eigenvalue weighted by molar-refractivity contribution is 5.89. The van der Waals surface area contributed by atoms with E-state index in [1.165, 1.54) is 4.90 Å². The van der Waals surface area contributed by atoms with Crippen molar-refractivity contribution >= 4 is 17.8 Å². The molecule has 2 fully saturated rings. The van der Waals surface area contributed by atoms with Gasteiger partial charge in [-0.2, -0.15) is 0 Å². The van der Waals surface area contributed by atoms with Crippen LogP contribution in [-0.4, -0.2) is 72.8 Å². The second kappa shape index (κ2) is 10.8. The number of carboxylic acids is 1. The highest BCUT2D eigenvalue weighted by Gasteiger charge is 2.67. The lowest BCUT2D eigenvalue weighted by molar-refractivity contribution is -0.149. The van der Waals surface area contributed by atoms with Crippen LogP contribution < -0.4 is 10.1 Å². The number of carbonyl (C=O) groups excluding carboxylic acids is 2. The standard InChI is InChI=1S/C21H27N5O6/c22-25-24-8-10-31-14-21-11-16(20(29)30)26(17(21)12-21)19(28)13-23-18(27)7-4-9-32-15-5-2-1-3-6-15/h1-3,5-6,16-17H,4,7-14H2,(H,23,27)(H,29,30)/t16-,17-,21+/m0/s1. The molecule has 1 saturated heterocycles. The summed E-state index contributed by atoms with van der Waals surface area (Å²) in [5.41, 5.74) is 7.90. The van der Waals surface area contributed by atoms with Crippen LogP contribution in [0, 0.1) is 5.41 Å². The van der Waals surface area contributed by atoms with Crippen molar-refractivity contribution < 1.29 is 29.0 Å². The fourth-order valence-electron chi connectivity index (χ4n) is 4.13. The van der Waals surface area contributed by atoms with Crippen molar-refractivity contribution in [3.8, 4) is 5.75 Å². The summed E-state index contributed by atoms with van der Waals surface area (Å²) in [6, 6.07) is 8.12. The summed E-state index contributed by atoms with van der Waals surface area (Å²) in [7, 11) is 0. The van der Waals surface area contributed by atoms with E-state index in [1.807, 2.05) is 30.3 Å². The van der Waals surface area contributed by atoms with Crippen LogP contribution >= 0.6 is 0 Å². The summed E-state index contributed by atoms with van der Waals surface area (Å²) in [5.74, 6) is -1.04. The number of azide groups is 1. The van der Waals surface area contributed by atoms with Crippen molar-refractivity contribution in [1.82, 2.24) is 10.2 Å². The minimum absolute atomic E-state index is 0.199. The smallest absolute Gasteiger partial charge is 0.326 e. The van der Waals surface area contributed by atoms with Crippen LogP contribution in [0.25, 0.3) is 10.4 Å². The Balaban J connectivity index is 1.40. The quantitative estimate of drug-likeness (QED) is 0.204. The molecule has 1 aromatic rings. The second-order valence-corrected chi connectivity index (χ2v) is 7.99. The number of likely N-dealkylation sites (tertiary alicyclic amines) is 1. The van der Waals surface area contributed by atoms with Gasteiger partial charge in [0.25, 0.3) is 0 Å². The number of nitrogens with one attached hydrogen (secondary N) is 1. The summed E-state index contributed by atoms with van der Waals surface area (Å²) in [6.45, 7) is 0.883. The molecule has 32 heavy (non-hydrogen) atoms. The Morgan fingerprint density at radius 1 is 1.25 bits per heavy atom. The maximum Gasteiger partial charge on any atom is 0.326 e. The van der Waals surface area contributed by atoms with E-state index in [2.05, 4.69) is 15.3 Å². The molecule has 11 nitrogen and oxygen atoms in total. The highest BCUT2D eigenvalue weighted by Crippen LogP contribution is 2.59. The molecule has 1 aromatic carbocycles. The van der Waals surface area contributed by atoms with Gasteiger partial charge in [0.05, 0.1) is 26.4 Å². The number of ether oxygens (including phenoxy) is 2. The lowest BCUT2D eigenvalue weighted by atomic mass is 10.0. The van der Waals surface area contributed by atoms with Crippen LogP contribution in [0.2, 0.25) is 0 Å². The van der Waals surface area contributed by atoms with Gasteiger partial charge in [-0.05, 0) is 36.9 Å². The molecule has 1 aliphatic heterocycles. The molecule has 0 radical (unpaired) electrons. The summed E-state index contributed by atoms with van der Waals surface area (Å²) >= 11 is 0. The van der Waals surface area contributed by atoms with Crippen molar-refractivity contribution in [3.63, 3.8) is 0 Å². The Labute approximate surface area is 185 Å². The number of nitrogens with zero attached hydrogens (tertiary/aromatic N) is 4. The van der Waals surface area contributed by atoms with E-state index in [9.17, 15) is 19.5 Å². The van der Waals surface area contributed by atoms with Gasteiger partial charge in [-0.15, -0.1) is 0 Å². The van der Waals surface area contributed by atoms with Gasteiger partial charge < -0.3 is 24.8 Å². The van der Waals surface area contributed by atoms with Crippen molar-refractivity contribution in [2.75, 3.05) is 32.9 Å². The van der Waals surface area contributed by atoms with Gasteiger partial charge in [0.2, 0.25) is 11.8 Å². The lowest BCUT2D eigenvalue weighted by Crippen LogP contribution is -2.47. The van der Waals surface area contributed by atoms with E-state index in [0.717, 1.165) is 5.75 Å². The van der Waals surface area contributed by atoms with Gasteiger partial charge in [0, 0.05) is 29.3 Å². The molecule has 0 spiro atoms. The first kappa shape index (κ1) is 23.4. The van der Waals surface area contributed by atoms with Crippen molar-refractivity contribution in [1.29, 1.82) is 0 Å². The normalized spacial score (nSPS) is 23.1. The van der Waals surface area contributed by atoms with Crippen LogP contribution in [0.15, 0.2) is 35.4 Å². The molecule has 0 bridgehead atoms. The summed E-state index contributed by atoms with van der Waals surface area (Å²) in [4.78, 5) is 40.5. The van der Waals surface area contributed by atoms with E-state index < -0.39 is 17.9 Å². The first-order valence-corrected chi connectivity index (χ1v) is 10.5. The lowest BCUT2D eigenvalue weighted by Gasteiger charge is -2.24. The highest BCUT2D eigenvalue weighted by atomic mass is 16.5. The largest absolute Gasteiger partial charge is 0.494 e. The number of hydrogen-bond donors (Lipinski definition) is 2. The maximum absolute atomic E-state index is 12.7. The SMILES string of the molecule is [N-]=[N+]=NCCOC[C@@]12C[C@@H]1N(C(=O)CNC(=O)CCCOc1ccccc1)[C@H](C(=O)O)C2. The Morgan fingerprint density at radius 2 is 2.03 bits per heavy atom. The van der Waals surface area contributed by atoms with Crippen molar-refractivity contribution in [2.24, 2.45) is 10.5 Å². The van der Waals surface area contributed by atoms with E-state index in [1.54, 1.807) is 0 Å². The molecule has 3 rings (SSSR count). The summed E-state index contributed by atoms with van der Waals surface area (Å²) < 4.78 is 11.1. The average molecular weight is 445 g/mol. The van der Waals surface area contributed by atoms with E-state index in [-0.39, 0.29) is 43.5 Å². The number of carboxylic acid groups (broad SMARTS) is 1. The second-order valence-electron chi connectivity index (χ2n) is 7.99. The fourth-order valence-corrected chi connectivity index (χ4v) is 4.13. The van der Waals surface area contributed by atoms with E-state index >= 15 is 0 Å². The number of benzene rings is 1. The molecule has 0 aromatic heterocycles. The van der Waals surface area contributed by atoms with Gasteiger partial charge >= 0.3 is 5.97 Å². The van der Waals surface area contributed by atoms with Crippen LogP contribution in [0.4, 0.5) is 0 Å². The number of rotatable bonds is 13. The minimum Gasteiger partial charge on any atom is -0.494 e. The molecular formula is C21H27N5O6. The summed E-state index contributed by atoms with van der Waals surface area (Å²) in [6.07, 6.45) is 1.67. The molecule has 2 N–H and O–H groups in total. The third-order valence-corrected chi connectivity index (χ3v) is 5.78. The van der Waals surface area contributed by atoms with Crippen LogP contribution in [0.3, 0.4) is 0 Å². The molecule has 0 unspecified atom stereocenters. The first-order valence-electron chi connectivity index (χ1n) is 10.5. The number of aliphatic carboxylic acids is 1. The first-order chi connectivity index (χ1) is 15.5. The monoisotopic (exact) mass is 445 g/mol. The fraction of sp³-hybridized carbons (Fsp3) is 0.571. The molecule has 2 aliphatic rings. The molecular weight excluding hydrogens is 418 g/mol. The number of fused-ring (bicyclic) bond motifs is 1. The Kier molecular flexibility index (Phi) is 7.91. The predicted molar refractivity (Wildman–Crippen MR) is 113 cm³/mol. The molecule has 3 atom stereocenters. The predicted octanol–water partition coefficient (Wildman–Crippen LogP) is 1.73. The third-order valence-electron chi connectivity index (χ3n) is 5.78. The number of amides is 2. The zero-order chi connectivity index (χ0) is 23.0. The Bertz CT molecular complexity index is 875. The van der Waals surface area contributed by atoms with Crippen LogP contribution in [0.1, 0.15) is 25.7 Å². The topological polar surface area (TPSA) is 154 Å². The number of carbonyl (C=O) groups is 3. The molecule has 11 heteroatoms.